The predicted molar refractivity (Wildman–Crippen MR) is 95.3 cm³/mol. The van der Waals surface area contributed by atoms with Gasteiger partial charge in [-0.25, -0.2) is 0 Å². The van der Waals surface area contributed by atoms with Crippen molar-refractivity contribution in [1.29, 1.82) is 0 Å². The van der Waals surface area contributed by atoms with E-state index in [4.69, 9.17) is 9.05 Å². The summed E-state index contributed by atoms with van der Waals surface area (Å²) in [5.41, 5.74) is -0.715. The van der Waals surface area contributed by atoms with Crippen molar-refractivity contribution in [2.75, 3.05) is 0 Å². The molecule has 4 rings (SSSR count). The van der Waals surface area contributed by atoms with E-state index in [1.54, 1.807) is 0 Å². The molecule has 2 aromatic carbocycles. The molecule has 2 aliphatic rings. The Kier molecular flexibility index (Phi) is 2.80. The monoisotopic (exact) mass is 344 g/mol. The number of benzene rings is 2. The Morgan fingerprint density at radius 3 is 1.58 bits per heavy atom. The van der Waals surface area contributed by atoms with E-state index < -0.39 is 24.0 Å². The molecule has 0 radical (unpaired) electrons. The number of carbonyl (C=O) groups is 1. The Labute approximate surface area is 141 Å². The fourth-order valence-electron chi connectivity index (χ4n) is 4.27. The van der Waals surface area contributed by atoms with Gasteiger partial charge in [0.15, 0.2) is 0 Å². The van der Waals surface area contributed by atoms with Gasteiger partial charge in [0.05, 0.1) is 0 Å². The fraction of sp³-hybridized carbons (Fsp3) is 0.316. The van der Waals surface area contributed by atoms with Crippen LogP contribution in [-0.4, -0.2) is 10.8 Å². The van der Waals surface area contributed by atoms with Crippen molar-refractivity contribution in [2.24, 2.45) is 0 Å². The van der Waals surface area contributed by atoms with Gasteiger partial charge < -0.3 is 0 Å². The third-order valence-corrected chi connectivity index (χ3v) is 9.97. The predicted octanol–water partition coefficient (Wildman–Crippen LogP) is 4.23. The van der Waals surface area contributed by atoms with Crippen LogP contribution in [0.25, 0.3) is 0 Å². The van der Waals surface area contributed by atoms with Crippen LogP contribution in [0.1, 0.15) is 38.8 Å². The first-order valence-corrected chi connectivity index (χ1v) is 10.1. The molecule has 1 spiro atoms. The number of fused-ring (bicyclic) bond motifs is 4. The van der Waals surface area contributed by atoms with E-state index in [9.17, 15) is 9.90 Å². The Bertz CT molecular complexity index is 819. The van der Waals surface area contributed by atoms with Crippen molar-refractivity contribution in [3.63, 3.8) is 0 Å². The maximum absolute atomic E-state index is 12.9. The summed E-state index contributed by atoms with van der Waals surface area (Å²) in [6.07, 6.45) is 0. The van der Waals surface area contributed by atoms with E-state index in [-0.39, 0.29) is 0 Å². The molecular formula is C19H21O4P. The van der Waals surface area contributed by atoms with E-state index in [0.717, 1.165) is 11.1 Å². The molecule has 2 aliphatic heterocycles. The second kappa shape index (κ2) is 4.26. The summed E-state index contributed by atoms with van der Waals surface area (Å²) in [5.74, 6) is 0. The van der Waals surface area contributed by atoms with Crippen molar-refractivity contribution in [3.8, 4) is 0 Å². The second-order valence-electron chi connectivity index (χ2n) is 7.48. The summed E-state index contributed by atoms with van der Waals surface area (Å²) in [6.45, 7) is 7.64. The van der Waals surface area contributed by atoms with Gasteiger partial charge in [-0.3, -0.25) is 0 Å². The molecule has 126 valence electrons. The molecule has 0 fully saturated rings. The molecule has 4 nitrogen and oxygen atoms in total. The normalized spacial score (nSPS) is 25.4. The molecule has 1 N–H and O–H groups in total. The third-order valence-electron chi connectivity index (χ3n) is 5.13. The van der Waals surface area contributed by atoms with E-state index in [1.807, 2.05) is 76.2 Å². The van der Waals surface area contributed by atoms with E-state index in [0.29, 0.717) is 10.6 Å². The quantitative estimate of drug-likeness (QED) is 0.787. The summed E-state index contributed by atoms with van der Waals surface area (Å²) in [6, 6.07) is 15.1. The second-order valence-corrected chi connectivity index (χ2v) is 11.1. The van der Waals surface area contributed by atoms with E-state index >= 15 is 0 Å². The topological polar surface area (TPSA) is 55.8 Å². The average Bonchev–Trinajstić information content (AvgIpc) is 2.87. The van der Waals surface area contributed by atoms with Crippen molar-refractivity contribution in [1.82, 2.24) is 0 Å². The van der Waals surface area contributed by atoms with E-state index in [1.165, 1.54) is 0 Å². The number of hydrogen-bond acceptors (Lipinski definition) is 3. The zero-order chi connectivity index (χ0) is 17.4. The zero-order valence-corrected chi connectivity index (χ0v) is 15.1. The van der Waals surface area contributed by atoms with Crippen molar-refractivity contribution in [2.45, 2.75) is 38.9 Å². The number of carboxylic acid groups (broad SMARTS) is 1. The molecule has 0 unspecified atom stereocenters. The van der Waals surface area contributed by atoms with Crippen LogP contribution >= 0.6 is 7.06 Å². The molecule has 0 aliphatic carbocycles. The molecular weight excluding hydrogens is 323 g/mol. The first-order valence-electron chi connectivity index (χ1n) is 8.03. The minimum atomic E-state index is -4.30. The van der Waals surface area contributed by atoms with E-state index in [2.05, 4.69) is 0 Å². The average molecular weight is 344 g/mol. The van der Waals surface area contributed by atoms with Crippen LogP contribution in [0.5, 0.6) is 0 Å². The molecule has 0 saturated carbocycles. The molecule has 0 atom stereocenters. The molecule has 0 bridgehead atoms. The van der Waals surface area contributed by atoms with Gasteiger partial charge in [-0.1, -0.05) is 0 Å². The van der Waals surface area contributed by atoms with Gasteiger partial charge in [-0.15, -0.1) is 0 Å². The molecule has 0 amide bonds. The molecule has 0 aromatic heterocycles. The van der Waals surface area contributed by atoms with Gasteiger partial charge in [0.1, 0.15) is 0 Å². The van der Waals surface area contributed by atoms with Gasteiger partial charge in [-0.2, -0.15) is 0 Å². The fourth-order valence-corrected chi connectivity index (χ4v) is 9.75. The third kappa shape index (κ3) is 1.52. The van der Waals surface area contributed by atoms with Crippen LogP contribution in [0.2, 0.25) is 0 Å². The minimum absolute atomic E-state index is 0.680. The van der Waals surface area contributed by atoms with Gasteiger partial charge in [0, 0.05) is 0 Å². The van der Waals surface area contributed by atoms with Crippen LogP contribution in [0, 0.1) is 0 Å². The van der Waals surface area contributed by atoms with Gasteiger partial charge in [0.25, 0.3) is 0 Å². The van der Waals surface area contributed by atoms with Crippen LogP contribution in [0.3, 0.4) is 0 Å². The van der Waals surface area contributed by atoms with Crippen molar-refractivity contribution < 1.29 is 18.9 Å². The standard InChI is InChI=1S/C19H21O4P/c1-18(2)13-9-5-7-11-15(13)24(22-18,17(20)21)16-12-8-6-10-14(16)19(3,4)23-24/h5-12H,1-4H3,(H,20,21). The van der Waals surface area contributed by atoms with Gasteiger partial charge in [-0.05, 0) is 0 Å². The molecule has 0 saturated heterocycles. The Morgan fingerprint density at radius 1 is 0.833 bits per heavy atom. The zero-order valence-electron chi connectivity index (χ0n) is 14.2. The van der Waals surface area contributed by atoms with Crippen LogP contribution in [0.4, 0.5) is 4.79 Å². The Balaban J connectivity index is 2.22. The SMILES string of the molecule is CC1(C)OP2(C(=O)O)(OC(C)(C)c3ccccc32)c2ccccc21. The summed E-state index contributed by atoms with van der Waals surface area (Å²) >= 11 is 0. The summed E-state index contributed by atoms with van der Waals surface area (Å²) in [7, 11) is -4.30. The van der Waals surface area contributed by atoms with Gasteiger partial charge in [0.2, 0.25) is 0 Å². The summed E-state index contributed by atoms with van der Waals surface area (Å²) in [5, 5.41) is 11.9. The Hall–Kier alpha value is -1.74. The number of rotatable bonds is 1. The summed E-state index contributed by atoms with van der Waals surface area (Å²) < 4.78 is 13.0. The summed E-state index contributed by atoms with van der Waals surface area (Å²) in [4.78, 5) is 12.9. The first kappa shape index (κ1) is 15.8. The van der Waals surface area contributed by atoms with Gasteiger partial charge >= 0.3 is 141 Å². The molecule has 24 heavy (non-hydrogen) atoms. The first-order chi connectivity index (χ1) is 11.1. The van der Waals surface area contributed by atoms with Crippen LogP contribution in [-0.2, 0) is 20.2 Å². The maximum atomic E-state index is 12.9. The van der Waals surface area contributed by atoms with Crippen molar-refractivity contribution >= 4 is 23.4 Å². The van der Waals surface area contributed by atoms with Crippen LogP contribution in [0.15, 0.2) is 48.5 Å². The molecule has 2 heterocycles. The number of hydrogen-bond donors (Lipinski definition) is 1. The molecule has 5 heteroatoms. The molecule has 2 aromatic rings. The Morgan fingerprint density at radius 2 is 1.21 bits per heavy atom. The van der Waals surface area contributed by atoms with Crippen molar-refractivity contribution in [3.05, 3.63) is 59.7 Å². The van der Waals surface area contributed by atoms with Crippen LogP contribution < -0.4 is 10.6 Å².